The number of benzene rings is 4. The zero-order chi connectivity index (χ0) is 55.5. The topological polar surface area (TPSA) is 172 Å². The van der Waals surface area contributed by atoms with E-state index >= 15 is 0 Å². The van der Waals surface area contributed by atoms with Gasteiger partial charge in [-0.25, -0.2) is 9.97 Å². The molecule has 0 unspecified atom stereocenters. The van der Waals surface area contributed by atoms with E-state index in [9.17, 15) is 28.8 Å². The maximum atomic E-state index is 14.5. The number of aromatic nitrogens is 2. The lowest BCUT2D eigenvalue weighted by Crippen LogP contribution is -2.48. The summed E-state index contributed by atoms with van der Waals surface area (Å²) in [6.07, 6.45) is 9.03. The molecule has 2 N–H and O–H groups in total. The first kappa shape index (κ1) is 56.2. The van der Waals surface area contributed by atoms with Crippen molar-refractivity contribution in [1.82, 2.24) is 50.0 Å². The molecule has 4 fully saturated rings. The van der Waals surface area contributed by atoms with Crippen molar-refractivity contribution in [3.63, 3.8) is 0 Å². The number of carbonyl (C=O) groups excluding carboxylic acids is 6. The summed E-state index contributed by atoms with van der Waals surface area (Å²) in [6, 6.07) is 34.0. The second-order valence-electron chi connectivity index (χ2n) is 21.4. The van der Waals surface area contributed by atoms with Crippen LogP contribution in [0.3, 0.4) is 0 Å². The highest BCUT2D eigenvalue weighted by atomic mass is 32.1. The summed E-state index contributed by atoms with van der Waals surface area (Å²) in [5.74, 6) is -0.368. The molecule has 4 aromatic carbocycles. The smallest absolute Gasteiger partial charge is 0.250 e. The van der Waals surface area contributed by atoms with Gasteiger partial charge in [-0.3, -0.25) is 38.6 Å². The molecular formula is C62H72N10O6S2. The van der Waals surface area contributed by atoms with E-state index < -0.39 is 12.1 Å². The number of nitrogens with zero attached hydrogens (tertiary/aromatic N) is 8. The van der Waals surface area contributed by atoms with Crippen LogP contribution in [0.2, 0.25) is 0 Å². The van der Waals surface area contributed by atoms with Gasteiger partial charge < -0.3 is 30.2 Å². The van der Waals surface area contributed by atoms with Gasteiger partial charge in [0.1, 0.15) is 22.1 Å². The van der Waals surface area contributed by atoms with Gasteiger partial charge in [-0.15, -0.1) is 22.7 Å². The number of piperazine rings is 2. The molecule has 6 heterocycles. The molecule has 0 bridgehead atoms. The minimum Gasteiger partial charge on any atom is -0.341 e. The molecule has 16 nitrogen and oxygen atoms in total. The number of thiazole rings is 2. The first-order chi connectivity index (χ1) is 38.9. The fraction of sp³-hybridized carbons (Fsp3) is 0.419. The third-order valence-corrected chi connectivity index (χ3v) is 18.4. The average Bonchev–Trinajstić information content (AvgIpc) is 4.36. The summed E-state index contributed by atoms with van der Waals surface area (Å²) in [7, 11) is 0. The molecule has 418 valence electrons. The van der Waals surface area contributed by atoms with Gasteiger partial charge in [0.15, 0.2) is 0 Å². The molecule has 18 heteroatoms. The number of carbonyl (C=O) groups is 6. The number of hydrogen-bond acceptors (Lipinski definition) is 12. The van der Waals surface area contributed by atoms with Gasteiger partial charge in [0.05, 0.1) is 21.8 Å². The van der Waals surface area contributed by atoms with Gasteiger partial charge >= 0.3 is 0 Å². The maximum Gasteiger partial charge on any atom is 0.250 e. The van der Waals surface area contributed by atoms with Crippen LogP contribution >= 0.6 is 22.7 Å². The van der Waals surface area contributed by atoms with E-state index in [4.69, 9.17) is 9.97 Å². The van der Waals surface area contributed by atoms with E-state index in [0.717, 1.165) is 118 Å². The molecule has 2 aromatic heterocycles. The second-order valence-corrected chi connectivity index (χ2v) is 23.5. The summed E-state index contributed by atoms with van der Waals surface area (Å²) >= 11 is 3.21. The predicted octanol–water partition coefficient (Wildman–Crippen LogP) is 8.53. The molecule has 6 aromatic rings. The number of hydrogen-bond donors (Lipinski definition) is 2. The third-order valence-electron chi connectivity index (χ3n) is 16.1. The minimum atomic E-state index is -0.804. The van der Waals surface area contributed by atoms with Crippen molar-refractivity contribution in [2.45, 2.75) is 89.4 Å². The van der Waals surface area contributed by atoms with Crippen molar-refractivity contribution < 1.29 is 28.8 Å². The largest absolute Gasteiger partial charge is 0.341 e. The van der Waals surface area contributed by atoms with E-state index in [-0.39, 0.29) is 47.5 Å². The van der Waals surface area contributed by atoms with E-state index in [1.165, 1.54) is 0 Å². The van der Waals surface area contributed by atoms with Crippen molar-refractivity contribution >= 4 is 58.1 Å². The fourth-order valence-electron chi connectivity index (χ4n) is 11.5. The van der Waals surface area contributed by atoms with Crippen molar-refractivity contribution in [3.8, 4) is 32.0 Å². The van der Waals surface area contributed by atoms with Crippen molar-refractivity contribution in [3.05, 3.63) is 143 Å². The molecule has 4 aliphatic rings. The van der Waals surface area contributed by atoms with Crippen LogP contribution in [0.5, 0.6) is 0 Å². The summed E-state index contributed by atoms with van der Waals surface area (Å²) in [6.45, 7) is 11.9. The minimum absolute atomic E-state index is 0.0958. The van der Waals surface area contributed by atoms with Gasteiger partial charge in [0.2, 0.25) is 35.4 Å². The quantitative estimate of drug-likeness (QED) is 0.0801. The zero-order valence-electron chi connectivity index (χ0n) is 45.8. The Hall–Kier alpha value is -7.12. The van der Waals surface area contributed by atoms with E-state index in [2.05, 4.69) is 69.0 Å². The molecule has 4 saturated heterocycles. The summed E-state index contributed by atoms with van der Waals surface area (Å²) in [5.41, 5.74) is 5.75. The molecule has 10 rings (SSSR count). The van der Waals surface area contributed by atoms with Gasteiger partial charge in [0.25, 0.3) is 0 Å². The highest BCUT2D eigenvalue weighted by molar-refractivity contribution is 7.15. The Bertz CT molecular complexity index is 2880. The summed E-state index contributed by atoms with van der Waals surface area (Å²) in [4.78, 5) is 103. The van der Waals surface area contributed by atoms with Crippen LogP contribution in [0.4, 0.5) is 0 Å². The number of amides is 6. The second kappa shape index (κ2) is 26.4. The highest BCUT2D eigenvalue weighted by Crippen LogP contribution is 2.41. The van der Waals surface area contributed by atoms with Crippen molar-refractivity contribution in [2.24, 2.45) is 0 Å². The van der Waals surface area contributed by atoms with Gasteiger partial charge in [-0.05, 0) is 85.0 Å². The Morgan fingerprint density at radius 1 is 0.487 bits per heavy atom. The van der Waals surface area contributed by atoms with E-state index in [1.54, 1.807) is 36.5 Å². The lowest BCUT2D eigenvalue weighted by molar-refractivity contribution is -0.137. The molecule has 4 aliphatic heterocycles. The van der Waals surface area contributed by atoms with Crippen LogP contribution in [-0.2, 0) is 28.8 Å². The molecule has 0 aliphatic carbocycles. The maximum absolute atomic E-state index is 14.5. The van der Waals surface area contributed by atoms with Gasteiger partial charge in [0, 0.05) is 105 Å². The van der Waals surface area contributed by atoms with E-state index in [1.807, 2.05) is 92.7 Å². The Morgan fingerprint density at radius 3 is 1.21 bits per heavy atom. The Kier molecular flexibility index (Phi) is 18.6. The molecule has 6 amide bonds. The SMILES string of the molecule is CC(=O)N1CCN(CCCC(=O)N[C@@H](C(=O)N2CCC[C@H]2c2ncc(-c3ccc(-c4ccc(-c5cnc([C@@H]6CCCN6C(=O)[C@H](NC(=O)CCCN6CCN(C(C)=O)CC6)c6ccccc6)s5)cc4)cc3)s2)c2ccccc2)CC1. The standard InChI is InChI=1S/C62H72N10O6S2/c1-43(73)69-37-33-67(34-38-69)29-11-19-55(75)65-57(49-13-5-3-6-14-49)61(77)71-31-9-17-51(71)59-63-41-53(79-59)47-25-21-45(22-26-47)46-23-27-48(28-24-46)54-42-64-60(80-54)52-18-10-32-72(52)62(78)58(50-15-7-4-8-16-50)66-56(76)20-12-30-68-35-39-70(40-36-68)44(2)74/h3-8,13-16,21-28,41-42,51-52,57-58H,9-12,17-20,29-40H2,1-2H3,(H,65,75)(H,66,76)/t51-,52-,57+,58+/m0/s1. The van der Waals surface area contributed by atoms with Crippen LogP contribution in [0.1, 0.15) is 111 Å². The lowest BCUT2D eigenvalue weighted by Gasteiger charge is -2.34. The molecule has 4 atom stereocenters. The highest BCUT2D eigenvalue weighted by Gasteiger charge is 2.39. The van der Waals surface area contributed by atoms with Crippen molar-refractivity contribution in [2.75, 3.05) is 78.5 Å². The molecule has 0 radical (unpaired) electrons. The van der Waals surface area contributed by atoms with E-state index in [0.29, 0.717) is 65.0 Å². The van der Waals surface area contributed by atoms with Crippen LogP contribution < -0.4 is 10.6 Å². The molecule has 0 saturated carbocycles. The zero-order valence-corrected chi connectivity index (χ0v) is 47.5. The number of rotatable bonds is 19. The number of nitrogens with one attached hydrogen (secondary N) is 2. The Labute approximate surface area is 477 Å². The monoisotopic (exact) mass is 1120 g/mol. The van der Waals surface area contributed by atoms with Gasteiger partial charge in [-0.1, -0.05) is 109 Å². The van der Waals surface area contributed by atoms with Crippen LogP contribution in [0.15, 0.2) is 122 Å². The van der Waals surface area contributed by atoms with Crippen LogP contribution in [0, 0.1) is 0 Å². The molecule has 0 spiro atoms. The van der Waals surface area contributed by atoms with Gasteiger partial charge in [-0.2, -0.15) is 0 Å². The van der Waals surface area contributed by atoms with Crippen LogP contribution in [0.25, 0.3) is 32.0 Å². The molecular weight excluding hydrogens is 1040 g/mol. The Morgan fingerprint density at radius 2 is 0.850 bits per heavy atom. The Balaban J connectivity index is 0.737. The fourth-order valence-corrected chi connectivity index (χ4v) is 13.7. The average molecular weight is 1120 g/mol. The first-order valence-electron chi connectivity index (χ1n) is 28.3. The normalized spacial score (nSPS) is 18.7. The predicted molar refractivity (Wildman–Crippen MR) is 312 cm³/mol. The summed E-state index contributed by atoms with van der Waals surface area (Å²) < 4.78 is 0. The number of likely N-dealkylation sites (tertiary alicyclic amines) is 2. The molecule has 80 heavy (non-hydrogen) atoms. The third kappa shape index (κ3) is 13.7. The first-order valence-corrected chi connectivity index (χ1v) is 30.0. The van der Waals surface area contributed by atoms with Crippen LogP contribution in [-0.4, -0.2) is 153 Å². The summed E-state index contributed by atoms with van der Waals surface area (Å²) in [5, 5.41) is 7.95. The van der Waals surface area contributed by atoms with Crippen molar-refractivity contribution in [1.29, 1.82) is 0 Å². The lowest BCUT2D eigenvalue weighted by atomic mass is 10.0.